The number of benzene rings is 2. The molecule has 0 aromatic heterocycles. The van der Waals surface area contributed by atoms with Crippen molar-refractivity contribution in [1.82, 2.24) is 0 Å². The molecule has 1 unspecified atom stereocenters. The number of carbonyl (C=O) groups excluding carboxylic acids is 3. The Bertz CT molecular complexity index is 1030. The summed E-state index contributed by atoms with van der Waals surface area (Å²) in [7, 11) is 1.47. The first-order valence-electron chi connectivity index (χ1n) is 10.1. The molecule has 34 heavy (non-hydrogen) atoms. The van der Waals surface area contributed by atoms with Gasteiger partial charge < -0.3 is 14.2 Å². The van der Waals surface area contributed by atoms with Crippen LogP contribution in [0.15, 0.2) is 72.2 Å². The van der Waals surface area contributed by atoms with E-state index in [0.29, 0.717) is 21.3 Å². The van der Waals surface area contributed by atoms with Gasteiger partial charge in [0.2, 0.25) is 0 Å². The molecule has 0 saturated carbocycles. The Hall–Kier alpha value is -3.49. The monoisotopic (exact) mass is 529 g/mol. The summed E-state index contributed by atoms with van der Waals surface area (Å²) in [5.41, 5.74) is 3.04. The fourth-order valence-corrected chi connectivity index (χ4v) is 3.01. The summed E-state index contributed by atoms with van der Waals surface area (Å²) < 4.78 is 16.3. The molecule has 1 amide bonds. The van der Waals surface area contributed by atoms with Crippen LogP contribution in [-0.4, -0.2) is 44.8 Å². The van der Waals surface area contributed by atoms with E-state index in [0.717, 1.165) is 17.4 Å². The van der Waals surface area contributed by atoms with Crippen LogP contribution in [0.2, 0.25) is 0 Å². The van der Waals surface area contributed by atoms with Gasteiger partial charge in [-0.3, -0.25) is 10.1 Å². The number of nitrogens with one attached hydrogen (secondary N) is 1. The van der Waals surface area contributed by atoms with Gasteiger partial charge in [0.05, 0.1) is 17.9 Å². The third-order valence-electron chi connectivity index (χ3n) is 4.12. The highest BCUT2D eigenvalue weighted by atomic mass is 79.9. The summed E-state index contributed by atoms with van der Waals surface area (Å²) in [4.78, 5) is 34.0. The van der Waals surface area contributed by atoms with Crippen LogP contribution in [0.25, 0.3) is 12.2 Å². The number of anilines is 1. The fourth-order valence-electron chi connectivity index (χ4n) is 2.56. The predicted octanol–water partition coefficient (Wildman–Crippen LogP) is 5.92. The Kier molecular flexibility index (Phi) is 12.9. The SMILES string of the molecule is C=C(C)C=O.C=Cc1cccc(NC(=O)OC(COC)COC(=O)c2ccccc2Br)c1C=C. The quantitative estimate of drug-likeness (QED) is 0.233. The number of hydrogen-bond donors (Lipinski definition) is 1. The van der Waals surface area contributed by atoms with E-state index >= 15 is 0 Å². The molecule has 2 aromatic carbocycles. The second-order valence-electron chi connectivity index (χ2n) is 6.87. The number of aldehydes is 1. The first kappa shape index (κ1) is 28.5. The summed E-state index contributed by atoms with van der Waals surface area (Å²) in [5.74, 6) is -0.532. The van der Waals surface area contributed by atoms with Gasteiger partial charge in [-0.2, -0.15) is 0 Å². The molecule has 1 N–H and O–H groups in total. The second kappa shape index (κ2) is 15.4. The lowest BCUT2D eigenvalue weighted by molar-refractivity contribution is -0.104. The van der Waals surface area contributed by atoms with Crippen molar-refractivity contribution in [2.45, 2.75) is 13.0 Å². The molecule has 0 aliphatic rings. The van der Waals surface area contributed by atoms with Crippen LogP contribution in [0.1, 0.15) is 28.4 Å². The van der Waals surface area contributed by atoms with E-state index in [2.05, 4.69) is 41.0 Å². The third kappa shape index (κ3) is 9.56. The van der Waals surface area contributed by atoms with Crippen LogP contribution in [-0.2, 0) is 19.0 Å². The number of ether oxygens (including phenoxy) is 3. The van der Waals surface area contributed by atoms with Crippen LogP contribution in [0.4, 0.5) is 10.5 Å². The topological polar surface area (TPSA) is 90.9 Å². The molecule has 0 spiro atoms. The first-order chi connectivity index (χ1) is 16.3. The Morgan fingerprint density at radius 2 is 1.76 bits per heavy atom. The van der Waals surface area contributed by atoms with E-state index in [9.17, 15) is 14.4 Å². The van der Waals surface area contributed by atoms with Crippen molar-refractivity contribution in [3.63, 3.8) is 0 Å². The lowest BCUT2D eigenvalue weighted by Gasteiger charge is -2.18. The summed E-state index contributed by atoms with van der Waals surface area (Å²) in [6, 6.07) is 12.3. The lowest BCUT2D eigenvalue weighted by Crippen LogP contribution is -2.31. The zero-order valence-electron chi connectivity index (χ0n) is 19.2. The number of carbonyl (C=O) groups is 3. The molecule has 0 fully saturated rings. The van der Waals surface area contributed by atoms with E-state index in [1.165, 1.54) is 7.11 Å². The highest BCUT2D eigenvalue weighted by Gasteiger charge is 2.19. The lowest BCUT2D eigenvalue weighted by atomic mass is 10.1. The molecule has 0 heterocycles. The van der Waals surface area contributed by atoms with Gasteiger partial charge >= 0.3 is 12.1 Å². The van der Waals surface area contributed by atoms with Gasteiger partial charge in [-0.15, -0.1) is 0 Å². The van der Waals surface area contributed by atoms with E-state index in [4.69, 9.17) is 14.2 Å². The number of hydrogen-bond acceptors (Lipinski definition) is 6. The molecule has 2 aromatic rings. The van der Waals surface area contributed by atoms with Crippen molar-refractivity contribution in [2.75, 3.05) is 25.6 Å². The molecule has 180 valence electrons. The number of amides is 1. The average Bonchev–Trinajstić information content (AvgIpc) is 2.82. The van der Waals surface area contributed by atoms with Gasteiger partial charge in [-0.05, 0) is 52.2 Å². The molecule has 0 aliphatic carbocycles. The highest BCUT2D eigenvalue weighted by molar-refractivity contribution is 9.10. The molecule has 0 bridgehead atoms. The van der Waals surface area contributed by atoms with Gasteiger partial charge in [0.1, 0.15) is 12.9 Å². The van der Waals surface area contributed by atoms with Crippen LogP contribution in [0.3, 0.4) is 0 Å². The second-order valence-corrected chi connectivity index (χ2v) is 7.72. The van der Waals surface area contributed by atoms with Crippen molar-refractivity contribution >= 4 is 52.1 Å². The standard InChI is InChI=1S/C22H22BrNO5.C4H6O/c1-4-15-9-8-12-20(17(15)5-2)24-22(26)29-16(13-27-3)14-28-21(25)18-10-6-7-11-19(18)23;1-4(2)3-5/h4-12,16H,1-2,13-14H2,3H3,(H,24,26);3H,1H2,2H3. The van der Waals surface area contributed by atoms with Crippen molar-refractivity contribution < 1.29 is 28.6 Å². The summed E-state index contributed by atoms with van der Waals surface area (Å²) in [6.45, 7) is 12.4. The van der Waals surface area contributed by atoms with E-state index < -0.39 is 18.2 Å². The van der Waals surface area contributed by atoms with E-state index in [1.807, 2.05) is 6.07 Å². The van der Waals surface area contributed by atoms with Crippen molar-refractivity contribution in [1.29, 1.82) is 0 Å². The third-order valence-corrected chi connectivity index (χ3v) is 4.81. The minimum atomic E-state index is -0.777. The Morgan fingerprint density at radius 3 is 2.32 bits per heavy atom. The molecule has 8 heteroatoms. The smallest absolute Gasteiger partial charge is 0.412 e. The van der Waals surface area contributed by atoms with Crippen LogP contribution in [0, 0.1) is 0 Å². The maximum Gasteiger partial charge on any atom is 0.412 e. The Labute approximate surface area is 208 Å². The van der Waals surface area contributed by atoms with Gasteiger partial charge in [0, 0.05) is 17.1 Å². The number of halogens is 1. The maximum absolute atomic E-state index is 12.3. The number of methoxy groups -OCH3 is 1. The van der Waals surface area contributed by atoms with E-state index in [-0.39, 0.29) is 13.2 Å². The van der Waals surface area contributed by atoms with Crippen LogP contribution >= 0.6 is 15.9 Å². The van der Waals surface area contributed by atoms with Crippen LogP contribution in [0.5, 0.6) is 0 Å². The number of esters is 1. The normalized spacial score (nSPS) is 10.6. The summed E-state index contributed by atoms with van der Waals surface area (Å²) in [5, 5.41) is 2.67. The van der Waals surface area contributed by atoms with E-state index in [1.54, 1.807) is 55.5 Å². The number of rotatable bonds is 10. The molecule has 7 nitrogen and oxygen atoms in total. The molecule has 0 radical (unpaired) electrons. The average molecular weight is 530 g/mol. The molecular weight excluding hydrogens is 502 g/mol. The van der Waals surface area contributed by atoms with Crippen molar-refractivity contribution in [2.24, 2.45) is 0 Å². The predicted molar refractivity (Wildman–Crippen MR) is 138 cm³/mol. The zero-order valence-corrected chi connectivity index (χ0v) is 20.8. The maximum atomic E-state index is 12.3. The van der Waals surface area contributed by atoms with Gasteiger partial charge in [0.15, 0.2) is 6.10 Å². The first-order valence-corrected chi connectivity index (χ1v) is 10.9. The minimum absolute atomic E-state index is 0.0671. The molecule has 1 atom stereocenters. The molecule has 2 rings (SSSR count). The Balaban J connectivity index is 0.00000104. The summed E-state index contributed by atoms with van der Waals surface area (Å²) in [6.07, 6.45) is 2.54. The van der Waals surface area contributed by atoms with Gasteiger partial charge in [0.25, 0.3) is 0 Å². The van der Waals surface area contributed by atoms with Crippen molar-refractivity contribution in [3.05, 3.63) is 88.9 Å². The Morgan fingerprint density at radius 1 is 1.09 bits per heavy atom. The molecule has 0 aliphatic heterocycles. The summed E-state index contributed by atoms with van der Waals surface area (Å²) >= 11 is 3.30. The highest BCUT2D eigenvalue weighted by Crippen LogP contribution is 2.22. The minimum Gasteiger partial charge on any atom is -0.458 e. The number of allylic oxidation sites excluding steroid dienone is 1. The molecule has 0 saturated heterocycles. The van der Waals surface area contributed by atoms with Gasteiger partial charge in [-0.25, -0.2) is 9.59 Å². The largest absolute Gasteiger partial charge is 0.458 e. The van der Waals surface area contributed by atoms with Crippen LogP contribution < -0.4 is 5.32 Å². The van der Waals surface area contributed by atoms with Gasteiger partial charge in [-0.1, -0.05) is 56.2 Å². The van der Waals surface area contributed by atoms with Crippen molar-refractivity contribution in [3.8, 4) is 0 Å². The molecular formula is C26H28BrNO6. The fraction of sp³-hybridized carbons (Fsp3) is 0.192. The zero-order chi connectivity index (χ0) is 25.5.